The van der Waals surface area contributed by atoms with Crippen molar-refractivity contribution in [2.24, 2.45) is 10.9 Å². The Balaban J connectivity index is 0.00000529. The molecule has 1 rings (SSSR count). The van der Waals surface area contributed by atoms with Crippen molar-refractivity contribution in [1.82, 2.24) is 15.5 Å². The molecule has 0 aromatic carbocycles. The highest BCUT2D eigenvalue weighted by Crippen LogP contribution is 2.17. The number of likely N-dealkylation sites (tertiary alicyclic amines) is 1. The van der Waals surface area contributed by atoms with Gasteiger partial charge in [0.05, 0.1) is 0 Å². The number of guanidine groups is 1. The Labute approximate surface area is 169 Å². The van der Waals surface area contributed by atoms with Gasteiger partial charge in [-0.1, -0.05) is 13.8 Å². The van der Waals surface area contributed by atoms with Gasteiger partial charge in [0.15, 0.2) is 5.96 Å². The van der Waals surface area contributed by atoms with Gasteiger partial charge in [-0.2, -0.15) is 11.8 Å². The molecule has 0 radical (unpaired) electrons. The number of rotatable bonds is 8. The van der Waals surface area contributed by atoms with Crippen molar-refractivity contribution in [1.29, 1.82) is 0 Å². The van der Waals surface area contributed by atoms with Gasteiger partial charge >= 0.3 is 0 Å². The van der Waals surface area contributed by atoms with Crippen LogP contribution in [0.25, 0.3) is 0 Å². The minimum absolute atomic E-state index is 0. The fraction of sp³-hybridized carbons (Fsp3) is 0.882. The molecule has 1 aliphatic rings. The highest BCUT2D eigenvalue weighted by Gasteiger charge is 2.26. The summed E-state index contributed by atoms with van der Waals surface area (Å²) in [6, 6.07) is 0.410. The third-order valence-corrected chi connectivity index (χ3v) is 5.22. The number of halogens is 1. The normalized spacial score (nSPS) is 16.0. The van der Waals surface area contributed by atoms with Gasteiger partial charge in [-0.15, -0.1) is 24.0 Å². The maximum atomic E-state index is 12.4. The lowest BCUT2D eigenvalue weighted by Crippen LogP contribution is -2.50. The fourth-order valence-corrected chi connectivity index (χ4v) is 3.38. The van der Waals surface area contributed by atoms with Crippen molar-refractivity contribution in [2.75, 3.05) is 38.7 Å². The van der Waals surface area contributed by atoms with E-state index >= 15 is 0 Å². The van der Waals surface area contributed by atoms with Crippen molar-refractivity contribution in [3.8, 4) is 0 Å². The predicted octanol–water partition coefficient (Wildman–Crippen LogP) is 2.95. The number of piperidine rings is 1. The standard InChI is InChI=1S/C17H34N4OS.HI/c1-5-14(6-2)16(22)21-11-8-15(9-12-21)20-17(18-3)19-10-7-13-23-4;/h14-15H,5-13H2,1-4H3,(H2,18,19,20);1H. The molecule has 1 saturated heterocycles. The van der Waals surface area contributed by atoms with Crippen LogP contribution in [0.15, 0.2) is 4.99 Å². The molecule has 2 N–H and O–H groups in total. The number of nitrogens with zero attached hydrogens (tertiary/aromatic N) is 2. The van der Waals surface area contributed by atoms with Crippen LogP contribution in [-0.4, -0.2) is 61.5 Å². The third kappa shape index (κ3) is 8.27. The van der Waals surface area contributed by atoms with E-state index in [0.29, 0.717) is 11.9 Å². The molecule has 5 nitrogen and oxygen atoms in total. The number of hydrogen-bond donors (Lipinski definition) is 2. The molecule has 1 heterocycles. The van der Waals surface area contributed by atoms with Crippen molar-refractivity contribution in [3.05, 3.63) is 0 Å². The molecule has 24 heavy (non-hydrogen) atoms. The number of hydrogen-bond acceptors (Lipinski definition) is 3. The Morgan fingerprint density at radius 3 is 2.42 bits per heavy atom. The third-order valence-electron chi connectivity index (χ3n) is 4.52. The summed E-state index contributed by atoms with van der Waals surface area (Å²) in [4.78, 5) is 18.8. The second-order valence-corrected chi connectivity index (χ2v) is 7.09. The molecule has 1 amide bonds. The first-order valence-electron chi connectivity index (χ1n) is 8.91. The van der Waals surface area contributed by atoms with Crippen LogP contribution in [0.1, 0.15) is 46.0 Å². The monoisotopic (exact) mass is 470 g/mol. The van der Waals surface area contributed by atoms with Crippen LogP contribution in [0, 0.1) is 5.92 Å². The SMILES string of the molecule is CCC(CC)C(=O)N1CCC(NC(=NC)NCCCSC)CC1.I. The van der Waals surface area contributed by atoms with Gasteiger partial charge < -0.3 is 15.5 Å². The zero-order valence-corrected chi connectivity index (χ0v) is 18.8. The van der Waals surface area contributed by atoms with Crippen LogP contribution >= 0.6 is 35.7 Å². The fourth-order valence-electron chi connectivity index (χ4n) is 2.95. The minimum atomic E-state index is 0. The maximum absolute atomic E-state index is 12.4. The van der Waals surface area contributed by atoms with E-state index < -0.39 is 0 Å². The van der Waals surface area contributed by atoms with E-state index in [4.69, 9.17) is 0 Å². The average molecular weight is 470 g/mol. The van der Waals surface area contributed by atoms with E-state index in [-0.39, 0.29) is 29.9 Å². The van der Waals surface area contributed by atoms with E-state index in [1.807, 2.05) is 23.7 Å². The van der Waals surface area contributed by atoms with Gasteiger partial charge in [-0.3, -0.25) is 9.79 Å². The van der Waals surface area contributed by atoms with Gasteiger partial charge in [0.2, 0.25) is 5.91 Å². The highest BCUT2D eigenvalue weighted by atomic mass is 127. The molecule has 0 saturated carbocycles. The Bertz CT molecular complexity index is 370. The molecule has 0 aromatic rings. The minimum Gasteiger partial charge on any atom is -0.356 e. The highest BCUT2D eigenvalue weighted by molar-refractivity contribution is 14.0. The number of aliphatic imine (C=N–C) groups is 1. The average Bonchev–Trinajstić information content (AvgIpc) is 2.59. The molecule has 0 aliphatic carbocycles. The first-order chi connectivity index (χ1) is 11.2. The van der Waals surface area contributed by atoms with Gasteiger partial charge in [0.1, 0.15) is 0 Å². The van der Waals surface area contributed by atoms with E-state index in [1.165, 1.54) is 5.75 Å². The molecule has 7 heteroatoms. The van der Waals surface area contributed by atoms with E-state index in [9.17, 15) is 4.79 Å². The second-order valence-electron chi connectivity index (χ2n) is 6.10. The zero-order chi connectivity index (χ0) is 17.1. The smallest absolute Gasteiger partial charge is 0.225 e. The quantitative estimate of drug-likeness (QED) is 0.248. The van der Waals surface area contributed by atoms with Crippen molar-refractivity contribution in [2.45, 2.75) is 52.0 Å². The largest absolute Gasteiger partial charge is 0.356 e. The molecule has 0 unspecified atom stereocenters. The molecule has 1 aliphatic heterocycles. The summed E-state index contributed by atoms with van der Waals surface area (Å²) in [5, 5.41) is 6.86. The van der Waals surface area contributed by atoms with Crippen LogP contribution in [0.4, 0.5) is 0 Å². The van der Waals surface area contributed by atoms with Gasteiger partial charge in [-0.25, -0.2) is 0 Å². The Kier molecular flexibility index (Phi) is 13.9. The summed E-state index contributed by atoms with van der Waals surface area (Å²) in [5.41, 5.74) is 0. The maximum Gasteiger partial charge on any atom is 0.225 e. The Morgan fingerprint density at radius 1 is 1.29 bits per heavy atom. The molecule has 1 fully saturated rings. The van der Waals surface area contributed by atoms with Gasteiger partial charge in [0, 0.05) is 38.6 Å². The summed E-state index contributed by atoms with van der Waals surface area (Å²) >= 11 is 1.87. The number of nitrogens with one attached hydrogen (secondary N) is 2. The molecule has 0 atom stereocenters. The number of thioether (sulfide) groups is 1. The van der Waals surface area contributed by atoms with E-state index in [2.05, 4.69) is 35.7 Å². The molecule has 0 spiro atoms. The lowest BCUT2D eigenvalue weighted by Gasteiger charge is -2.34. The van der Waals surface area contributed by atoms with Gasteiger partial charge in [0.25, 0.3) is 0 Å². The lowest BCUT2D eigenvalue weighted by atomic mass is 9.98. The molecule has 0 aromatic heterocycles. The van der Waals surface area contributed by atoms with Crippen LogP contribution in [0.5, 0.6) is 0 Å². The molecule has 0 bridgehead atoms. The molecular formula is C17H35IN4OS. The van der Waals surface area contributed by atoms with Crippen LogP contribution < -0.4 is 10.6 Å². The Hall–Kier alpha value is -0.180. The first kappa shape index (κ1) is 23.8. The summed E-state index contributed by atoms with van der Waals surface area (Å²) in [5.74, 6) is 2.59. The Morgan fingerprint density at radius 2 is 1.92 bits per heavy atom. The summed E-state index contributed by atoms with van der Waals surface area (Å²) in [6.45, 7) is 6.87. The topological polar surface area (TPSA) is 56.7 Å². The predicted molar refractivity (Wildman–Crippen MR) is 117 cm³/mol. The van der Waals surface area contributed by atoms with Crippen LogP contribution in [0.3, 0.4) is 0 Å². The van der Waals surface area contributed by atoms with Crippen molar-refractivity contribution < 1.29 is 4.79 Å². The van der Waals surface area contributed by atoms with Gasteiger partial charge in [-0.05, 0) is 44.1 Å². The number of carbonyl (C=O) groups excluding carboxylic acids is 1. The molecule has 142 valence electrons. The first-order valence-corrected chi connectivity index (χ1v) is 10.3. The summed E-state index contributed by atoms with van der Waals surface area (Å²) in [6.07, 6.45) is 7.16. The summed E-state index contributed by atoms with van der Waals surface area (Å²) < 4.78 is 0. The van der Waals surface area contributed by atoms with E-state index in [1.54, 1.807) is 0 Å². The lowest BCUT2D eigenvalue weighted by molar-refractivity contribution is -0.136. The second kappa shape index (κ2) is 14.0. The number of amides is 1. The van der Waals surface area contributed by atoms with Crippen molar-refractivity contribution in [3.63, 3.8) is 0 Å². The number of carbonyl (C=O) groups is 1. The van der Waals surface area contributed by atoms with E-state index in [0.717, 1.165) is 57.7 Å². The zero-order valence-electron chi connectivity index (χ0n) is 15.6. The van der Waals surface area contributed by atoms with Crippen LogP contribution in [-0.2, 0) is 4.79 Å². The summed E-state index contributed by atoms with van der Waals surface area (Å²) in [7, 11) is 1.82. The van der Waals surface area contributed by atoms with Crippen molar-refractivity contribution >= 4 is 47.6 Å². The van der Waals surface area contributed by atoms with Crippen LogP contribution in [0.2, 0.25) is 0 Å². The molecular weight excluding hydrogens is 435 g/mol.